The van der Waals surface area contributed by atoms with Crippen molar-refractivity contribution in [3.8, 4) is 0 Å². The molecule has 4 rings (SSSR count). The molecule has 0 aliphatic heterocycles. The zero-order chi connectivity index (χ0) is 12.2. The molecular weight excluding hydrogens is 220 g/mol. The summed E-state index contributed by atoms with van der Waals surface area (Å²) in [5, 5.41) is 10.7. The Morgan fingerprint density at radius 3 is 1.89 bits per heavy atom. The molecule has 1 N–H and O–H groups in total. The summed E-state index contributed by atoms with van der Waals surface area (Å²) in [6.07, 6.45) is 2.73. The van der Waals surface area contributed by atoms with Gasteiger partial charge in [-0.15, -0.1) is 0 Å². The summed E-state index contributed by atoms with van der Waals surface area (Å²) in [6.45, 7) is 0. The molecular formula is C17H16O. The van der Waals surface area contributed by atoms with Crippen LogP contribution in [0.3, 0.4) is 0 Å². The maximum Gasteiger partial charge on any atom is 0.0858 e. The zero-order valence-electron chi connectivity index (χ0n) is 10.3. The van der Waals surface area contributed by atoms with Gasteiger partial charge in [-0.2, -0.15) is 0 Å². The molecule has 0 heterocycles. The second-order valence-corrected chi connectivity index (χ2v) is 5.76. The third-order valence-corrected chi connectivity index (χ3v) is 4.68. The number of benzene rings is 2. The molecule has 18 heavy (non-hydrogen) atoms. The minimum Gasteiger partial charge on any atom is -0.388 e. The first-order valence-electron chi connectivity index (χ1n) is 6.61. The minimum atomic E-state index is -0.305. The van der Waals surface area contributed by atoms with Crippen LogP contribution >= 0.6 is 0 Å². The van der Waals surface area contributed by atoms with Crippen LogP contribution < -0.4 is 0 Å². The highest BCUT2D eigenvalue weighted by Gasteiger charge is 2.48. The maximum atomic E-state index is 10.7. The number of aliphatic hydroxyl groups excluding tert-OH is 1. The van der Waals surface area contributed by atoms with Crippen molar-refractivity contribution in [3.63, 3.8) is 0 Å². The predicted molar refractivity (Wildman–Crippen MR) is 71.4 cm³/mol. The number of hydrogen-bond acceptors (Lipinski definition) is 1. The molecule has 2 aromatic rings. The molecule has 0 fully saturated rings. The van der Waals surface area contributed by atoms with Crippen molar-refractivity contribution in [2.24, 2.45) is 5.41 Å². The standard InChI is InChI=1S/C17H16O/c18-16-15-8-4-3-7-14(15)11-17(16)9-12-5-1-2-6-13(12)10-17/h1-8,16,18H,9-11H2. The van der Waals surface area contributed by atoms with Crippen LogP contribution in [0, 0.1) is 5.41 Å². The van der Waals surface area contributed by atoms with Crippen LogP contribution in [0.4, 0.5) is 0 Å². The Balaban J connectivity index is 1.78. The summed E-state index contributed by atoms with van der Waals surface area (Å²) in [5.74, 6) is 0. The summed E-state index contributed by atoms with van der Waals surface area (Å²) >= 11 is 0. The van der Waals surface area contributed by atoms with Gasteiger partial charge in [0, 0.05) is 5.41 Å². The predicted octanol–water partition coefficient (Wildman–Crippen LogP) is 3.06. The van der Waals surface area contributed by atoms with Crippen molar-refractivity contribution in [2.45, 2.75) is 25.4 Å². The quantitative estimate of drug-likeness (QED) is 0.745. The van der Waals surface area contributed by atoms with Crippen molar-refractivity contribution in [1.29, 1.82) is 0 Å². The number of hydrogen-bond donors (Lipinski definition) is 1. The Morgan fingerprint density at radius 1 is 0.778 bits per heavy atom. The van der Waals surface area contributed by atoms with Crippen molar-refractivity contribution in [1.82, 2.24) is 0 Å². The molecule has 0 amide bonds. The van der Waals surface area contributed by atoms with Crippen molar-refractivity contribution < 1.29 is 5.11 Å². The molecule has 2 aromatic carbocycles. The lowest BCUT2D eigenvalue weighted by atomic mass is 9.79. The van der Waals surface area contributed by atoms with Crippen LogP contribution in [0.15, 0.2) is 48.5 Å². The smallest absolute Gasteiger partial charge is 0.0858 e. The van der Waals surface area contributed by atoms with E-state index in [2.05, 4.69) is 42.5 Å². The molecule has 1 unspecified atom stereocenters. The molecule has 1 spiro atoms. The van der Waals surface area contributed by atoms with Gasteiger partial charge in [-0.3, -0.25) is 0 Å². The summed E-state index contributed by atoms with van der Waals surface area (Å²) < 4.78 is 0. The van der Waals surface area contributed by atoms with E-state index in [0.717, 1.165) is 24.8 Å². The first-order valence-corrected chi connectivity index (χ1v) is 6.61. The monoisotopic (exact) mass is 236 g/mol. The van der Waals surface area contributed by atoms with Gasteiger partial charge < -0.3 is 5.11 Å². The van der Waals surface area contributed by atoms with Crippen molar-refractivity contribution in [2.75, 3.05) is 0 Å². The van der Waals surface area contributed by atoms with Crippen LogP contribution in [0.5, 0.6) is 0 Å². The highest BCUT2D eigenvalue weighted by Crippen LogP contribution is 2.53. The van der Waals surface area contributed by atoms with E-state index >= 15 is 0 Å². The molecule has 0 radical (unpaired) electrons. The normalized spacial score (nSPS) is 23.1. The van der Waals surface area contributed by atoms with Crippen LogP contribution in [-0.2, 0) is 19.3 Å². The third-order valence-electron chi connectivity index (χ3n) is 4.68. The average Bonchev–Trinajstić information content (AvgIpc) is 2.89. The topological polar surface area (TPSA) is 20.2 Å². The van der Waals surface area contributed by atoms with Crippen LogP contribution in [0.1, 0.15) is 28.4 Å². The Bertz CT molecular complexity index is 584. The summed E-state index contributed by atoms with van der Waals surface area (Å²) in [6, 6.07) is 17.0. The zero-order valence-corrected chi connectivity index (χ0v) is 10.3. The van der Waals surface area contributed by atoms with Gasteiger partial charge in [-0.25, -0.2) is 0 Å². The molecule has 0 bridgehead atoms. The number of rotatable bonds is 0. The van der Waals surface area contributed by atoms with Crippen LogP contribution in [-0.4, -0.2) is 5.11 Å². The largest absolute Gasteiger partial charge is 0.388 e. The number of fused-ring (bicyclic) bond motifs is 2. The molecule has 1 nitrogen and oxygen atoms in total. The van der Waals surface area contributed by atoms with E-state index in [1.54, 1.807) is 0 Å². The Kier molecular flexibility index (Phi) is 1.98. The number of aliphatic hydroxyl groups is 1. The minimum absolute atomic E-state index is 0.0212. The van der Waals surface area contributed by atoms with Gasteiger partial charge in [-0.05, 0) is 41.5 Å². The van der Waals surface area contributed by atoms with E-state index in [1.807, 2.05) is 6.07 Å². The van der Waals surface area contributed by atoms with E-state index in [0.29, 0.717) is 0 Å². The molecule has 0 saturated heterocycles. The fourth-order valence-corrected chi connectivity index (χ4v) is 3.81. The van der Waals surface area contributed by atoms with E-state index in [9.17, 15) is 5.11 Å². The van der Waals surface area contributed by atoms with Crippen LogP contribution in [0.25, 0.3) is 0 Å². The Morgan fingerprint density at radius 2 is 1.28 bits per heavy atom. The molecule has 2 aliphatic rings. The first kappa shape index (κ1) is 10.3. The lowest BCUT2D eigenvalue weighted by Gasteiger charge is -2.27. The molecule has 1 heteroatoms. The van der Waals surface area contributed by atoms with E-state index in [1.165, 1.54) is 16.7 Å². The summed E-state index contributed by atoms with van der Waals surface area (Å²) in [7, 11) is 0. The third kappa shape index (κ3) is 1.25. The Labute approximate surface area is 107 Å². The van der Waals surface area contributed by atoms with Gasteiger partial charge in [0.2, 0.25) is 0 Å². The SMILES string of the molecule is OC1c2ccccc2CC12Cc1ccccc1C2. The highest BCUT2D eigenvalue weighted by atomic mass is 16.3. The van der Waals surface area contributed by atoms with Gasteiger partial charge in [-0.1, -0.05) is 48.5 Å². The van der Waals surface area contributed by atoms with Gasteiger partial charge in [0.1, 0.15) is 0 Å². The average molecular weight is 236 g/mol. The van der Waals surface area contributed by atoms with E-state index in [-0.39, 0.29) is 11.5 Å². The molecule has 2 aliphatic carbocycles. The van der Waals surface area contributed by atoms with Gasteiger partial charge in [0.15, 0.2) is 0 Å². The van der Waals surface area contributed by atoms with Gasteiger partial charge in [0.25, 0.3) is 0 Å². The van der Waals surface area contributed by atoms with Gasteiger partial charge in [0.05, 0.1) is 6.10 Å². The van der Waals surface area contributed by atoms with Gasteiger partial charge >= 0.3 is 0 Å². The second-order valence-electron chi connectivity index (χ2n) is 5.76. The van der Waals surface area contributed by atoms with E-state index in [4.69, 9.17) is 0 Å². The van der Waals surface area contributed by atoms with Crippen molar-refractivity contribution in [3.05, 3.63) is 70.8 Å². The fraction of sp³-hybridized carbons (Fsp3) is 0.294. The molecule has 90 valence electrons. The fourth-order valence-electron chi connectivity index (χ4n) is 3.81. The maximum absolute atomic E-state index is 10.7. The first-order chi connectivity index (χ1) is 8.78. The van der Waals surface area contributed by atoms with E-state index < -0.39 is 0 Å². The highest BCUT2D eigenvalue weighted by molar-refractivity contribution is 5.43. The van der Waals surface area contributed by atoms with Crippen LogP contribution in [0.2, 0.25) is 0 Å². The Hall–Kier alpha value is -1.60. The van der Waals surface area contributed by atoms with Crippen molar-refractivity contribution >= 4 is 0 Å². The lowest BCUT2D eigenvalue weighted by Crippen LogP contribution is -2.26. The summed E-state index contributed by atoms with van der Waals surface area (Å²) in [5.41, 5.74) is 5.34. The second kappa shape index (κ2) is 3.46. The summed E-state index contributed by atoms with van der Waals surface area (Å²) in [4.78, 5) is 0. The molecule has 1 atom stereocenters. The lowest BCUT2D eigenvalue weighted by molar-refractivity contribution is 0.0464. The molecule has 0 saturated carbocycles. The molecule has 0 aromatic heterocycles.